The fourth-order valence-corrected chi connectivity index (χ4v) is 2.81. The molecule has 0 radical (unpaired) electrons. The van der Waals surface area contributed by atoms with E-state index in [0.717, 1.165) is 60.3 Å². The molecule has 0 atom stereocenters. The predicted molar refractivity (Wildman–Crippen MR) is 105 cm³/mol. The standard InChI is InChI=1S/C22H29FN2/c1-4-6-8-9-21(20-12-11-19(23)15-17(20)3)18-10-13-22(25-16-18)24-14-7-5-2/h9-13,15-16H,4-8,14H2,1-3H3,(H,24,25). The molecule has 134 valence electrons. The highest BCUT2D eigenvalue weighted by molar-refractivity contribution is 5.81. The lowest BCUT2D eigenvalue weighted by Gasteiger charge is -2.13. The predicted octanol–water partition coefficient (Wildman–Crippen LogP) is 6.36. The van der Waals surface area contributed by atoms with Gasteiger partial charge in [-0.05, 0) is 60.7 Å². The number of unbranched alkanes of at least 4 members (excludes halogenated alkanes) is 3. The molecular formula is C22H29FN2. The van der Waals surface area contributed by atoms with Crippen LogP contribution in [-0.2, 0) is 0 Å². The van der Waals surface area contributed by atoms with E-state index >= 15 is 0 Å². The van der Waals surface area contributed by atoms with Crippen LogP contribution >= 0.6 is 0 Å². The maximum absolute atomic E-state index is 13.5. The van der Waals surface area contributed by atoms with Gasteiger partial charge in [-0.1, -0.05) is 45.3 Å². The van der Waals surface area contributed by atoms with Crippen LogP contribution in [-0.4, -0.2) is 11.5 Å². The summed E-state index contributed by atoms with van der Waals surface area (Å²) in [5, 5.41) is 3.34. The topological polar surface area (TPSA) is 24.9 Å². The third kappa shape index (κ3) is 5.70. The molecule has 0 aliphatic heterocycles. The van der Waals surface area contributed by atoms with Crippen molar-refractivity contribution in [2.24, 2.45) is 0 Å². The van der Waals surface area contributed by atoms with Crippen molar-refractivity contribution in [3.8, 4) is 0 Å². The molecule has 0 unspecified atom stereocenters. The molecule has 1 N–H and O–H groups in total. The summed E-state index contributed by atoms with van der Waals surface area (Å²) in [6.07, 6.45) is 9.79. The van der Waals surface area contributed by atoms with E-state index in [1.165, 1.54) is 12.5 Å². The summed E-state index contributed by atoms with van der Waals surface area (Å²) in [6, 6.07) is 9.12. The average Bonchev–Trinajstić information content (AvgIpc) is 2.61. The first-order valence-corrected chi connectivity index (χ1v) is 9.32. The fraction of sp³-hybridized carbons (Fsp3) is 0.409. The smallest absolute Gasteiger partial charge is 0.125 e. The summed E-state index contributed by atoms with van der Waals surface area (Å²) >= 11 is 0. The largest absolute Gasteiger partial charge is 0.370 e. The second-order valence-electron chi connectivity index (χ2n) is 6.43. The Balaban J connectivity index is 2.27. The molecule has 0 amide bonds. The summed E-state index contributed by atoms with van der Waals surface area (Å²) in [4.78, 5) is 4.55. The number of anilines is 1. The molecule has 2 rings (SSSR count). The highest BCUT2D eigenvalue weighted by atomic mass is 19.1. The average molecular weight is 340 g/mol. The molecule has 2 nitrogen and oxygen atoms in total. The Morgan fingerprint density at radius 1 is 1.12 bits per heavy atom. The molecule has 1 aromatic heterocycles. The van der Waals surface area contributed by atoms with Crippen LogP contribution in [0.5, 0.6) is 0 Å². The van der Waals surface area contributed by atoms with E-state index in [1.807, 2.05) is 25.3 Å². The number of halogens is 1. The molecule has 2 aromatic rings. The summed E-state index contributed by atoms with van der Waals surface area (Å²) < 4.78 is 13.5. The van der Waals surface area contributed by atoms with Crippen LogP contribution in [0.15, 0.2) is 42.6 Å². The zero-order valence-electron chi connectivity index (χ0n) is 15.6. The first-order valence-electron chi connectivity index (χ1n) is 9.32. The first-order chi connectivity index (χ1) is 12.2. The van der Waals surface area contributed by atoms with Crippen molar-refractivity contribution >= 4 is 11.4 Å². The Labute approximate surface area is 151 Å². The Morgan fingerprint density at radius 2 is 1.92 bits per heavy atom. The highest BCUT2D eigenvalue weighted by Gasteiger charge is 2.09. The summed E-state index contributed by atoms with van der Waals surface area (Å²) in [5.41, 5.74) is 4.24. The Kier molecular flexibility index (Phi) is 7.65. The van der Waals surface area contributed by atoms with Gasteiger partial charge in [-0.25, -0.2) is 9.37 Å². The number of aryl methyl sites for hydroxylation is 1. The van der Waals surface area contributed by atoms with Gasteiger partial charge in [-0.15, -0.1) is 0 Å². The van der Waals surface area contributed by atoms with Crippen LogP contribution in [0, 0.1) is 12.7 Å². The van der Waals surface area contributed by atoms with Crippen molar-refractivity contribution in [3.05, 3.63) is 65.1 Å². The van der Waals surface area contributed by atoms with Crippen LogP contribution in [0.4, 0.5) is 10.2 Å². The highest BCUT2D eigenvalue weighted by Crippen LogP contribution is 2.28. The Hall–Kier alpha value is -2.16. The molecule has 0 fully saturated rings. The number of nitrogens with zero attached hydrogens (tertiary/aromatic N) is 1. The number of pyridine rings is 1. The number of allylic oxidation sites excluding steroid dienone is 1. The van der Waals surface area contributed by atoms with Crippen molar-refractivity contribution in [1.29, 1.82) is 0 Å². The minimum absolute atomic E-state index is 0.192. The minimum atomic E-state index is -0.192. The number of aromatic nitrogens is 1. The number of nitrogens with one attached hydrogen (secondary N) is 1. The van der Waals surface area contributed by atoms with Gasteiger partial charge in [0.05, 0.1) is 0 Å². The molecule has 1 aromatic carbocycles. The molecule has 0 aliphatic rings. The van der Waals surface area contributed by atoms with E-state index < -0.39 is 0 Å². The van der Waals surface area contributed by atoms with Crippen molar-refractivity contribution in [1.82, 2.24) is 4.98 Å². The number of rotatable bonds is 9. The summed E-state index contributed by atoms with van der Waals surface area (Å²) in [7, 11) is 0. The van der Waals surface area contributed by atoms with Crippen LogP contribution in [0.2, 0.25) is 0 Å². The number of benzene rings is 1. The van der Waals surface area contributed by atoms with E-state index in [-0.39, 0.29) is 5.82 Å². The monoisotopic (exact) mass is 340 g/mol. The van der Waals surface area contributed by atoms with Gasteiger partial charge in [0.25, 0.3) is 0 Å². The van der Waals surface area contributed by atoms with Gasteiger partial charge in [0, 0.05) is 18.3 Å². The van der Waals surface area contributed by atoms with Gasteiger partial charge < -0.3 is 5.32 Å². The SMILES string of the molecule is CCCCC=C(c1ccc(NCCCC)nc1)c1ccc(F)cc1C. The van der Waals surface area contributed by atoms with E-state index in [4.69, 9.17) is 0 Å². The third-order valence-electron chi connectivity index (χ3n) is 4.30. The Bertz CT molecular complexity index is 690. The van der Waals surface area contributed by atoms with Crippen LogP contribution < -0.4 is 5.32 Å². The lowest BCUT2D eigenvalue weighted by Crippen LogP contribution is -2.03. The van der Waals surface area contributed by atoms with Gasteiger partial charge in [-0.2, -0.15) is 0 Å². The molecule has 0 saturated carbocycles. The lowest BCUT2D eigenvalue weighted by atomic mass is 9.94. The van der Waals surface area contributed by atoms with Crippen molar-refractivity contribution < 1.29 is 4.39 Å². The lowest BCUT2D eigenvalue weighted by molar-refractivity contribution is 0.626. The van der Waals surface area contributed by atoms with Crippen LogP contribution in [0.3, 0.4) is 0 Å². The van der Waals surface area contributed by atoms with Crippen molar-refractivity contribution in [3.63, 3.8) is 0 Å². The third-order valence-corrected chi connectivity index (χ3v) is 4.30. The second kappa shape index (κ2) is 9.97. The molecule has 3 heteroatoms. The van der Waals surface area contributed by atoms with Gasteiger partial charge in [-0.3, -0.25) is 0 Å². The van der Waals surface area contributed by atoms with Crippen LogP contribution in [0.25, 0.3) is 5.57 Å². The molecular weight excluding hydrogens is 311 g/mol. The maximum Gasteiger partial charge on any atom is 0.125 e. The van der Waals surface area contributed by atoms with E-state index in [2.05, 4.69) is 36.3 Å². The van der Waals surface area contributed by atoms with E-state index in [0.29, 0.717) is 0 Å². The first kappa shape index (κ1) is 19.2. The fourth-order valence-electron chi connectivity index (χ4n) is 2.81. The molecule has 0 aliphatic carbocycles. The second-order valence-corrected chi connectivity index (χ2v) is 6.43. The number of hydrogen-bond acceptors (Lipinski definition) is 2. The van der Waals surface area contributed by atoms with Crippen molar-refractivity contribution in [2.75, 3.05) is 11.9 Å². The summed E-state index contributed by atoms with van der Waals surface area (Å²) in [6.45, 7) is 7.27. The zero-order valence-corrected chi connectivity index (χ0v) is 15.6. The van der Waals surface area contributed by atoms with Crippen LogP contribution in [0.1, 0.15) is 62.6 Å². The van der Waals surface area contributed by atoms with E-state index in [1.54, 1.807) is 6.07 Å². The zero-order chi connectivity index (χ0) is 18.1. The molecule has 0 saturated heterocycles. The van der Waals surface area contributed by atoms with Gasteiger partial charge in [0.2, 0.25) is 0 Å². The molecule has 0 bridgehead atoms. The van der Waals surface area contributed by atoms with E-state index in [9.17, 15) is 4.39 Å². The normalized spacial score (nSPS) is 11.6. The van der Waals surface area contributed by atoms with Gasteiger partial charge in [0.1, 0.15) is 11.6 Å². The molecule has 25 heavy (non-hydrogen) atoms. The minimum Gasteiger partial charge on any atom is -0.370 e. The maximum atomic E-state index is 13.5. The van der Waals surface area contributed by atoms with Gasteiger partial charge in [0.15, 0.2) is 0 Å². The molecule has 1 heterocycles. The van der Waals surface area contributed by atoms with Gasteiger partial charge >= 0.3 is 0 Å². The quantitative estimate of drug-likeness (QED) is 0.537. The molecule has 0 spiro atoms. The summed E-state index contributed by atoms with van der Waals surface area (Å²) in [5.74, 6) is 0.712. The number of hydrogen-bond donors (Lipinski definition) is 1. The van der Waals surface area contributed by atoms with Crippen molar-refractivity contribution in [2.45, 2.75) is 52.9 Å². The Morgan fingerprint density at radius 3 is 2.56 bits per heavy atom.